The Morgan fingerprint density at radius 1 is 1.25 bits per heavy atom. The Morgan fingerprint density at radius 2 is 1.90 bits per heavy atom. The number of aliphatic hydroxyl groups is 1. The molecule has 1 aliphatic rings. The number of esters is 1. The number of nitrogen functional groups attached to an aromatic ring is 1. The molecule has 0 saturated carbocycles. The highest BCUT2D eigenvalue weighted by atomic mass is 127. The largest absolute Gasteiger partial charge is 0.460 e. The fraction of sp³-hybridized carbons (Fsp3) is 0.320. The van der Waals surface area contributed by atoms with Gasteiger partial charge in [-0.3, -0.25) is 13.9 Å². The summed E-state index contributed by atoms with van der Waals surface area (Å²) in [6, 6.07) is 17.1. The minimum Gasteiger partial charge on any atom is -0.460 e. The second-order valence-corrected chi connectivity index (χ2v) is 12.2. The van der Waals surface area contributed by atoms with Crippen LogP contribution < -0.4 is 21.0 Å². The van der Waals surface area contributed by atoms with Crippen molar-refractivity contribution in [1.82, 2.24) is 14.6 Å². The highest BCUT2D eigenvalue weighted by molar-refractivity contribution is 14.1. The van der Waals surface area contributed by atoms with Crippen LogP contribution in [0, 0.1) is 0 Å². The summed E-state index contributed by atoms with van der Waals surface area (Å²) in [5.41, 5.74) is 5.37. The van der Waals surface area contributed by atoms with E-state index in [1.54, 1.807) is 42.5 Å². The Labute approximate surface area is 242 Å². The molecular weight excluding hydrogens is 661 g/mol. The minimum atomic E-state index is -4.34. The van der Waals surface area contributed by atoms with Crippen molar-refractivity contribution in [2.45, 2.75) is 41.7 Å². The van der Waals surface area contributed by atoms with Crippen LogP contribution in [0.1, 0.15) is 18.7 Å². The van der Waals surface area contributed by atoms with Gasteiger partial charge in [-0.25, -0.2) is 13.8 Å². The summed E-state index contributed by atoms with van der Waals surface area (Å²) >= 11 is 1.33. The van der Waals surface area contributed by atoms with E-state index < -0.39 is 54.2 Å². The van der Waals surface area contributed by atoms with E-state index in [9.17, 15) is 19.3 Å². The number of para-hydroxylation sites is 1. The maximum Gasteiger partial charge on any atom is 0.459 e. The van der Waals surface area contributed by atoms with Crippen molar-refractivity contribution in [3.63, 3.8) is 0 Å². The van der Waals surface area contributed by atoms with Crippen LogP contribution in [0.4, 0.5) is 10.2 Å². The predicted octanol–water partition coefficient (Wildman–Crippen LogP) is 3.11. The van der Waals surface area contributed by atoms with E-state index in [-0.39, 0.29) is 18.2 Å². The molecule has 0 radical (unpaired) electrons. The molecule has 1 aromatic heterocycles. The van der Waals surface area contributed by atoms with Gasteiger partial charge in [0.25, 0.3) is 0 Å². The SMILES string of the molecule is C[C@H](N[P@@](=O)(OC[C@H]1O[C@@H](n2ccc(N)nc2=O)[C@](F)(I)C1O)Oc1ccccc1)C(=O)OCc1ccccc1. The lowest BCUT2D eigenvalue weighted by atomic mass is 10.1. The first-order valence-corrected chi connectivity index (χ1v) is 14.6. The molecule has 15 heteroatoms. The molecule has 40 heavy (non-hydrogen) atoms. The zero-order chi connectivity index (χ0) is 28.9. The van der Waals surface area contributed by atoms with Gasteiger partial charge >= 0.3 is 19.4 Å². The number of halogens is 2. The average molecular weight is 688 g/mol. The zero-order valence-corrected chi connectivity index (χ0v) is 24.2. The Balaban J connectivity index is 1.47. The smallest absolute Gasteiger partial charge is 0.459 e. The molecule has 1 unspecified atom stereocenters. The number of nitrogens with one attached hydrogen (secondary N) is 1. The van der Waals surface area contributed by atoms with Gasteiger partial charge < -0.3 is 24.8 Å². The minimum absolute atomic E-state index is 0.00645. The van der Waals surface area contributed by atoms with Crippen LogP contribution in [-0.4, -0.2) is 49.2 Å². The molecule has 0 amide bonds. The molecule has 214 valence electrons. The number of carbonyl (C=O) groups excluding carboxylic acids is 1. The first kappa shape index (κ1) is 30.1. The summed E-state index contributed by atoms with van der Waals surface area (Å²) in [5.74, 6) is -0.645. The van der Waals surface area contributed by atoms with Crippen LogP contribution in [0.15, 0.2) is 77.7 Å². The van der Waals surface area contributed by atoms with Gasteiger partial charge in [0.05, 0.1) is 6.61 Å². The van der Waals surface area contributed by atoms with Crippen molar-refractivity contribution in [1.29, 1.82) is 0 Å². The first-order valence-electron chi connectivity index (χ1n) is 12.0. The maximum atomic E-state index is 15.6. The molecule has 1 aliphatic heterocycles. The lowest BCUT2D eigenvalue weighted by Gasteiger charge is -2.24. The van der Waals surface area contributed by atoms with Gasteiger partial charge in [-0.1, -0.05) is 48.5 Å². The van der Waals surface area contributed by atoms with Crippen LogP contribution >= 0.6 is 30.3 Å². The number of nitrogens with zero attached hydrogens (tertiary/aromatic N) is 2. The second-order valence-electron chi connectivity index (χ2n) is 8.83. The van der Waals surface area contributed by atoms with Gasteiger partial charge in [-0.15, -0.1) is 0 Å². The van der Waals surface area contributed by atoms with Crippen LogP contribution in [0.5, 0.6) is 5.75 Å². The van der Waals surface area contributed by atoms with Crippen LogP contribution in [0.3, 0.4) is 0 Å². The lowest BCUT2D eigenvalue weighted by Crippen LogP contribution is -2.41. The van der Waals surface area contributed by atoms with E-state index in [0.29, 0.717) is 0 Å². The number of aromatic nitrogens is 2. The summed E-state index contributed by atoms with van der Waals surface area (Å²) in [7, 11) is -4.34. The highest BCUT2D eigenvalue weighted by Crippen LogP contribution is 2.49. The standard InChI is InChI=1S/C25H27FIN4O8P/c1-16(22(33)36-14-17-8-4-2-5-9-17)30-40(35,39-18-10-6-3-7-11-18)37-15-19-21(32)25(26,27)23(38-19)31-13-12-20(28)29-24(31)34/h2-13,16,19,21,23,32H,14-15H2,1H3,(H,30,35)(H2,28,29,34)/t16-,19+,21?,23+,25+,40+/m0/s1. The molecule has 0 spiro atoms. The molecule has 3 aromatic rings. The number of rotatable bonds is 11. The molecule has 2 aromatic carbocycles. The number of carbonyl (C=O) groups is 1. The van der Waals surface area contributed by atoms with Crippen molar-refractivity contribution < 1.29 is 37.4 Å². The van der Waals surface area contributed by atoms with Crippen molar-refractivity contribution in [3.05, 3.63) is 89.0 Å². The topological polar surface area (TPSA) is 164 Å². The number of ether oxygens (including phenoxy) is 2. The molecule has 1 fully saturated rings. The van der Waals surface area contributed by atoms with Gasteiger partial charge in [0, 0.05) is 6.20 Å². The first-order chi connectivity index (χ1) is 19.0. The van der Waals surface area contributed by atoms with E-state index in [1.165, 1.54) is 53.9 Å². The van der Waals surface area contributed by atoms with Crippen LogP contribution in [0.25, 0.3) is 0 Å². The summed E-state index contributed by atoms with van der Waals surface area (Å²) in [5, 5.41) is 13.2. The molecular formula is C25H27FIN4O8P. The maximum absolute atomic E-state index is 15.6. The summed E-state index contributed by atoms with van der Waals surface area (Å²) in [4.78, 5) is 28.4. The third kappa shape index (κ3) is 7.25. The molecule has 2 heterocycles. The van der Waals surface area contributed by atoms with E-state index in [0.717, 1.165) is 10.1 Å². The molecule has 0 bridgehead atoms. The molecule has 0 aliphatic carbocycles. The van der Waals surface area contributed by atoms with E-state index in [4.69, 9.17) is 24.3 Å². The molecule has 4 N–H and O–H groups in total. The fourth-order valence-corrected chi connectivity index (χ4v) is 6.09. The van der Waals surface area contributed by atoms with Crippen molar-refractivity contribution in [2.75, 3.05) is 12.3 Å². The van der Waals surface area contributed by atoms with Gasteiger partial charge in [0.2, 0.25) is 3.68 Å². The molecule has 4 rings (SSSR count). The normalized spacial score (nSPS) is 24.6. The van der Waals surface area contributed by atoms with Crippen molar-refractivity contribution in [2.24, 2.45) is 0 Å². The molecule has 6 atom stereocenters. The number of benzene rings is 2. The monoisotopic (exact) mass is 688 g/mol. The van der Waals surface area contributed by atoms with Gasteiger partial charge in [0.1, 0.15) is 36.4 Å². The number of hydrogen-bond acceptors (Lipinski definition) is 10. The lowest BCUT2D eigenvalue weighted by molar-refractivity contribution is -0.146. The Kier molecular flexibility index (Phi) is 9.59. The van der Waals surface area contributed by atoms with Gasteiger partial charge in [-0.2, -0.15) is 10.1 Å². The highest BCUT2D eigenvalue weighted by Gasteiger charge is 2.57. The quantitative estimate of drug-likeness (QED) is 0.117. The number of aliphatic hydroxyl groups excluding tert-OH is 1. The van der Waals surface area contributed by atoms with Gasteiger partial charge in [0.15, 0.2) is 6.23 Å². The van der Waals surface area contributed by atoms with E-state index >= 15 is 4.39 Å². The summed E-state index contributed by atoms with van der Waals surface area (Å²) < 4.78 is 49.7. The van der Waals surface area contributed by atoms with E-state index in [1.807, 2.05) is 6.07 Å². The summed E-state index contributed by atoms with van der Waals surface area (Å²) in [6.45, 7) is 0.770. The Bertz CT molecular complexity index is 1410. The fourth-order valence-electron chi connectivity index (χ4n) is 3.74. The zero-order valence-electron chi connectivity index (χ0n) is 21.1. The van der Waals surface area contributed by atoms with Crippen LogP contribution in [-0.2, 0) is 30.0 Å². The third-order valence-corrected chi connectivity index (χ3v) is 8.61. The second kappa shape index (κ2) is 12.7. The molecule has 1 saturated heterocycles. The third-order valence-electron chi connectivity index (χ3n) is 5.79. The van der Waals surface area contributed by atoms with Crippen molar-refractivity contribution >= 4 is 42.1 Å². The van der Waals surface area contributed by atoms with Gasteiger partial charge in [-0.05, 0) is 53.3 Å². The number of anilines is 1. The van der Waals surface area contributed by atoms with Crippen molar-refractivity contribution in [3.8, 4) is 5.75 Å². The number of nitrogens with two attached hydrogens (primary N) is 1. The number of hydrogen-bond donors (Lipinski definition) is 3. The summed E-state index contributed by atoms with van der Waals surface area (Å²) in [6.07, 6.45) is -3.59. The average Bonchev–Trinajstić information content (AvgIpc) is 3.15. The Morgan fingerprint density at radius 3 is 2.55 bits per heavy atom. The van der Waals surface area contributed by atoms with Crippen LogP contribution in [0.2, 0.25) is 0 Å². The van der Waals surface area contributed by atoms with E-state index in [2.05, 4.69) is 10.1 Å². The Hall–Kier alpha value is -2.88. The molecule has 12 nitrogen and oxygen atoms in total. The number of alkyl halides is 2. The predicted molar refractivity (Wildman–Crippen MR) is 150 cm³/mol.